The first kappa shape index (κ1) is 10.1. The molecule has 0 spiro atoms. The van der Waals surface area contributed by atoms with Crippen molar-refractivity contribution in [2.45, 2.75) is 13.0 Å². The molecule has 68 valence electrons. The normalized spacial score (nSPS) is 13.2. The summed E-state index contributed by atoms with van der Waals surface area (Å²) in [5, 5.41) is 5.61. The largest absolute Gasteiger partial charge is 0.309 e. The Morgan fingerprint density at radius 2 is 2.50 bits per heavy atom. The van der Waals surface area contributed by atoms with E-state index in [-0.39, 0.29) is 0 Å². The Morgan fingerprint density at radius 1 is 1.67 bits per heavy atom. The smallest absolute Gasteiger partial charge is 0.0506 e. The summed E-state index contributed by atoms with van der Waals surface area (Å²) in [5.41, 5.74) is 0. The van der Waals surface area contributed by atoms with Crippen molar-refractivity contribution in [1.82, 2.24) is 5.32 Å². The van der Waals surface area contributed by atoms with Crippen LogP contribution in [0.1, 0.15) is 17.8 Å². The van der Waals surface area contributed by atoms with Crippen molar-refractivity contribution in [3.63, 3.8) is 0 Å². The molecule has 1 aromatic rings. The molecule has 12 heavy (non-hydrogen) atoms. The molecule has 1 rings (SSSR count). The van der Waals surface area contributed by atoms with Gasteiger partial charge in [-0.05, 0) is 24.2 Å². The first-order valence-electron chi connectivity index (χ1n) is 4.14. The number of hydrogen-bond acceptors (Lipinski definition) is 3. The zero-order valence-electron chi connectivity index (χ0n) is 7.54. The van der Waals surface area contributed by atoms with Gasteiger partial charge in [-0.3, -0.25) is 0 Å². The highest BCUT2D eigenvalue weighted by Crippen LogP contribution is 2.21. The first-order valence-corrected chi connectivity index (χ1v) is 6.41. The Bertz CT molecular complexity index is 190. The van der Waals surface area contributed by atoms with Crippen LogP contribution in [0.2, 0.25) is 0 Å². The molecule has 1 heterocycles. The van der Waals surface area contributed by atoms with E-state index in [0.29, 0.717) is 6.04 Å². The van der Waals surface area contributed by atoms with Gasteiger partial charge in [0, 0.05) is 10.6 Å². The van der Waals surface area contributed by atoms with Crippen LogP contribution in [-0.4, -0.2) is 18.6 Å². The highest BCUT2D eigenvalue weighted by atomic mass is 32.2. The topological polar surface area (TPSA) is 12.0 Å². The summed E-state index contributed by atoms with van der Waals surface area (Å²) in [4.78, 5) is 1.45. The van der Waals surface area contributed by atoms with Gasteiger partial charge in [0.25, 0.3) is 0 Å². The van der Waals surface area contributed by atoms with E-state index in [0.717, 1.165) is 12.3 Å². The molecule has 0 bridgehead atoms. The van der Waals surface area contributed by atoms with E-state index >= 15 is 0 Å². The van der Waals surface area contributed by atoms with Gasteiger partial charge in [-0.2, -0.15) is 11.8 Å². The van der Waals surface area contributed by atoms with Gasteiger partial charge in [-0.1, -0.05) is 13.0 Å². The van der Waals surface area contributed by atoms with Gasteiger partial charge < -0.3 is 5.32 Å². The molecule has 0 amide bonds. The molecule has 0 saturated carbocycles. The fraction of sp³-hybridized carbons (Fsp3) is 0.556. The van der Waals surface area contributed by atoms with E-state index < -0.39 is 0 Å². The summed E-state index contributed by atoms with van der Waals surface area (Å²) in [7, 11) is 0. The van der Waals surface area contributed by atoms with Gasteiger partial charge in [0.1, 0.15) is 0 Å². The molecule has 0 aliphatic rings. The quantitative estimate of drug-likeness (QED) is 0.786. The summed E-state index contributed by atoms with van der Waals surface area (Å²) in [6.45, 7) is 3.20. The fourth-order valence-corrected chi connectivity index (χ4v) is 2.68. The van der Waals surface area contributed by atoms with Crippen LogP contribution in [0.5, 0.6) is 0 Å². The van der Waals surface area contributed by atoms with Crippen LogP contribution in [0.25, 0.3) is 0 Å². The maximum Gasteiger partial charge on any atom is 0.0506 e. The summed E-state index contributed by atoms with van der Waals surface area (Å²) < 4.78 is 0. The van der Waals surface area contributed by atoms with E-state index in [2.05, 4.69) is 36.0 Å². The minimum atomic E-state index is 0.546. The van der Waals surface area contributed by atoms with Crippen molar-refractivity contribution in [2.24, 2.45) is 0 Å². The van der Waals surface area contributed by atoms with Crippen molar-refractivity contribution in [3.05, 3.63) is 22.4 Å². The molecular formula is C9H15NS2. The molecule has 1 unspecified atom stereocenters. The monoisotopic (exact) mass is 201 g/mol. The predicted molar refractivity (Wildman–Crippen MR) is 59.1 cm³/mol. The van der Waals surface area contributed by atoms with Crippen molar-refractivity contribution >= 4 is 23.1 Å². The molecule has 1 N–H and O–H groups in total. The highest BCUT2D eigenvalue weighted by Gasteiger charge is 2.09. The number of thioether (sulfide) groups is 1. The number of hydrogen-bond donors (Lipinski definition) is 1. The lowest BCUT2D eigenvalue weighted by atomic mass is 10.3. The Labute approximate surface area is 82.6 Å². The molecule has 0 aliphatic heterocycles. The standard InChI is InChI=1S/C9H15NS2/c1-3-10-8(7-11-2)9-5-4-6-12-9/h4-6,8,10H,3,7H2,1-2H3. The van der Waals surface area contributed by atoms with Gasteiger partial charge in [-0.15, -0.1) is 11.3 Å². The summed E-state index contributed by atoms with van der Waals surface area (Å²) in [6, 6.07) is 4.86. The Morgan fingerprint density at radius 3 is 3.00 bits per heavy atom. The highest BCUT2D eigenvalue weighted by molar-refractivity contribution is 7.98. The average molecular weight is 201 g/mol. The lowest BCUT2D eigenvalue weighted by Crippen LogP contribution is -2.21. The van der Waals surface area contributed by atoms with Crippen LogP contribution in [0.3, 0.4) is 0 Å². The van der Waals surface area contributed by atoms with Crippen LogP contribution < -0.4 is 5.32 Å². The van der Waals surface area contributed by atoms with Crippen LogP contribution in [0.15, 0.2) is 17.5 Å². The van der Waals surface area contributed by atoms with Gasteiger partial charge in [0.15, 0.2) is 0 Å². The zero-order chi connectivity index (χ0) is 8.81. The molecule has 1 nitrogen and oxygen atoms in total. The fourth-order valence-electron chi connectivity index (χ4n) is 1.14. The molecule has 0 aromatic carbocycles. The molecule has 0 fully saturated rings. The lowest BCUT2D eigenvalue weighted by molar-refractivity contribution is 0.615. The van der Waals surface area contributed by atoms with E-state index in [1.54, 1.807) is 0 Å². The molecular weight excluding hydrogens is 186 g/mol. The molecule has 0 saturated heterocycles. The van der Waals surface area contributed by atoms with Crippen molar-refractivity contribution < 1.29 is 0 Å². The van der Waals surface area contributed by atoms with E-state index in [4.69, 9.17) is 0 Å². The number of nitrogens with one attached hydrogen (secondary N) is 1. The average Bonchev–Trinajstić information content (AvgIpc) is 2.56. The van der Waals surface area contributed by atoms with Crippen LogP contribution in [-0.2, 0) is 0 Å². The maximum atomic E-state index is 3.48. The SMILES string of the molecule is CCNC(CSC)c1cccs1. The minimum absolute atomic E-state index is 0.546. The van der Waals surface area contributed by atoms with Gasteiger partial charge >= 0.3 is 0 Å². The Hall–Kier alpha value is 0.01000. The third-order valence-electron chi connectivity index (χ3n) is 1.67. The third-order valence-corrected chi connectivity index (χ3v) is 3.32. The summed E-state index contributed by atoms with van der Waals surface area (Å²) >= 11 is 3.73. The molecule has 0 radical (unpaired) electrons. The van der Waals surface area contributed by atoms with Crippen molar-refractivity contribution in [1.29, 1.82) is 0 Å². The second kappa shape index (κ2) is 5.62. The molecule has 3 heteroatoms. The lowest BCUT2D eigenvalue weighted by Gasteiger charge is -2.14. The second-order valence-corrected chi connectivity index (χ2v) is 4.47. The Balaban J connectivity index is 2.53. The number of thiophene rings is 1. The zero-order valence-corrected chi connectivity index (χ0v) is 9.17. The summed E-state index contributed by atoms with van der Waals surface area (Å²) in [6.07, 6.45) is 2.15. The number of rotatable bonds is 5. The van der Waals surface area contributed by atoms with Crippen LogP contribution >= 0.6 is 23.1 Å². The molecule has 1 aromatic heterocycles. The van der Waals surface area contributed by atoms with Gasteiger partial charge in [0.2, 0.25) is 0 Å². The Kier molecular flexibility index (Phi) is 4.73. The molecule has 1 atom stereocenters. The minimum Gasteiger partial charge on any atom is -0.309 e. The van der Waals surface area contributed by atoms with Crippen LogP contribution in [0.4, 0.5) is 0 Å². The molecule has 0 aliphatic carbocycles. The predicted octanol–water partition coefficient (Wildman–Crippen LogP) is 2.76. The van der Waals surface area contributed by atoms with Gasteiger partial charge in [-0.25, -0.2) is 0 Å². The van der Waals surface area contributed by atoms with Crippen LogP contribution in [0, 0.1) is 0 Å². The van der Waals surface area contributed by atoms with E-state index in [1.807, 2.05) is 23.1 Å². The second-order valence-electron chi connectivity index (χ2n) is 2.58. The van der Waals surface area contributed by atoms with Crippen molar-refractivity contribution in [2.75, 3.05) is 18.6 Å². The van der Waals surface area contributed by atoms with Crippen molar-refractivity contribution in [3.8, 4) is 0 Å². The summed E-state index contributed by atoms with van der Waals surface area (Å²) in [5.74, 6) is 1.16. The van der Waals surface area contributed by atoms with E-state index in [9.17, 15) is 0 Å². The third kappa shape index (κ3) is 2.81. The maximum absolute atomic E-state index is 3.48. The van der Waals surface area contributed by atoms with E-state index in [1.165, 1.54) is 4.88 Å². The van der Waals surface area contributed by atoms with Gasteiger partial charge in [0.05, 0.1) is 6.04 Å². The first-order chi connectivity index (χ1) is 5.88.